The van der Waals surface area contributed by atoms with E-state index in [1.807, 2.05) is 18.2 Å². The maximum atomic E-state index is 11.0. The third-order valence-electron chi connectivity index (χ3n) is 3.00. The molecule has 0 aliphatic rings. The van der Waals surface area contributed by atoms with Crippen LogP contribution in [0.4, 0.5) is 0 Å². The number of aromatic amines is 1. The van der Waals surface area contributed by atoms with Gasteiger partial charge in [0.25, 0.3) is 0 Å². The van der Waals surface area contributed by atoms with Crippen LogP contribution in [0.2, 0.25) is 0 Å². The molecule has 0 bridgehead atoms. The minimum Gasteiger partial charge on any atom is -0.481 e. The predicted molar refractivity (Wildman–Crippen MR) is 64.7 cm³/mol. The molecule has 5 heteroatoms. The van der Waals surface area contributed by atoms with Crippen molar-refractivity contribution in [3.05, 3.63) is 30.1 Å². The predicted octanol–water partition coefficient (Wildman–Crippen LogP) is 1.54. The lowest BCUT2D eigenvalue weighted by molar-refractivity contribution is -0.142. The molecule has 0 aliphatic heterocycles. The molecule has 0 fully saturated rings. The van der Waals surface area contributed by atoms with Gasteiger partial charge < -0.3 is 15.4 Å². The van der Waals surface area contributed by atoms with E-state index in [9.17, 15) is 4.79 Å². The number of nitrogens with one attached hydrogen (secondary N) is 2. The van der Waals surface area contributed by atoms with Crippen molar-refractivity contribution < 1.29 is 9.90 Å². The Morgan fingerprint density at radius 3 is 2.94 bits per heavy atom. The molecule has 2 unspecified atom stereocenters. The van der Waals surface area contributed by atoms with E-state index in [2.05, 4.69) is 15.3 Å². The van der Waals surface area contributed by atoms with E-state index in [0.717, 1.165) is 16.6 Å². The molecule has 1 heterocycles. The molecule has 2 aromatic rings. The summed E-state index contributed by atoms with van der Waals surface area (Å²) in [5.41, 5.74) is 2.74. The van der Waals surface area contributed by atoms with Crippen molar-refractivity contribution in [1.82, 2.24) is 15.3 Å². The summed E-state index contributed by atoms with van der Waals surface area (Å²) >= 11 is 0. The monoisotopic (exact) mass is 233 g/mol. The molecule has 17 heavy (non-hydrogen) atoms. The number of aromatic nitrogens is 2. The van der Waals surface area contributed by atoms with E-state index >= 15 is 0 Å². The normalized spacial score (nSPS) is 14.7. The van der Waals surface area contributed by atoms with Crippen molar-refractivity contribution in [2.45, 2.75) is 13.0 Å². The maximum absolute atomic E-state index is 11.0. The van der Waals surface area contributed by atoms with Crippen LogP contribution in [0.5, 0.6) is 0 Å². The van der Waals surface area contributed by atoms with Crippen molar-refractivity contribution in [1.29, 1.82) is 0 Å². The van der Waals surface area contributed by atoms with Gasteiger partial charge in [0.15, 0.2) is 0 Å². The van der Waals surface area contributed by atoms with Crippen LogP contribution < -0.4 is 5.32 Å². The number of benzene rings is 1. The fraction of sp³-hybridized carbons (Fsp3) is 0.333. The Kier molecular flexibility index (Phi) is 3.10. The lowest BCUT2D eigenvalue weighted by Crippen LogP contribution is -2.28. The molecule has 2 rings (SSSR count). The largest absolute Gasteiger partial charge is 0.481 e. The van der Waals surface area contributed by atoms with Crippen molar-refractivity contribution >= 4 is 17.0 Å². The lowest BCUT2D eigenvalue weighted by atomic mass is 9.94. The number of nitrogens with zero attached hydrogens (tertiary/aromatic N) is 1. The summed E-state index contributed by atoms with van der Waals surface area (Å²) in [4.78, 5) is 18.2. The molecule has 0 saturated carbocycles. The number of carboxylic acids is 1. The van der Waals surface area contributed by atoms with Crippen molar-refractivity contribution in [3.8, 4) is 0 Å². The number of carbonyl (C=O) groups is 1. The Hall–Kier alpha value is -1.88. The molecule has 0 amide bonds. The van der Waals surface area contributed by atoms with E-state index in [1.165, 1.54) is 0 Å². The molecule has 2 atom stereocenters. The molecular weight excluding hydrogens is 218 g/mol. The number of imidazole rings is 1. The van der Waals surface area contributed by atoms with Crippen LogP contribution in [0.25, 0.3) is 11.0 Å². The molecule has 3 N–H and O–H groups in total. The summed E-state index contributed by atoms with van der Waals surface area (Å²) in [7, 11) is 1.77. The molecule has 0 aliphatic carbocycles. The number of fused-ring (bicyclic) bond motifs is 1. The number of rotatable bonds is 4. The van der Waals surface area contributed by atoms with Crippen LogP contribution in [-0.2, 0) is 4.79 Å². The minimum absolute atomic E-state index is 0.208. The molecule has 90 valence electrons. The molecule has 1 aromatic carbocycles. The summed E-state index contributed by atoms with van der Waals surface area (Å²) in [6.45, 7) is 1.70. The first-order valence-electron chi connectivity index (χ1n) is 5.46. The molecular formula is C12H15N3O2. The Morgan fingerprint density at radius 1 is 1.53 bits per heavy atom. The zero-order valence-corrected chi connectivity index (χ0v) is 9.77. The van der Waals surface area contributed by atoms with Gasteiger partial charge in [-0.15, -0.1) is 0 Å². The van der Waals surface area contributed by atoms with E-state index in [1.54, 1.807) is 20.3 Å². The highest BCUT2D eigenvalue weighted by Crippen LogP contribution is 2.24. The number of hydrogen-bond acceptors (Lipinski definition) is 3. The first kappa shape index (κ1) is 11.6. The zero-order chi connectivity index (χ0) is 12.4. The van der Waals surface area contributed by atoms with Gasteiger partial charge in [0.05, 0.1) is 23.3 Å². The standard InChI is InChI=1S/C12H15N3O2/c1-7(12(16)17)11(13-2)8-3-4-9-10(5-8)15-6-14-9/h3-7,11,13H,1-2H3,(H,14,15)(H,16,17). The Labute approximate surface area is 98.9 Å². The highest BCUT2D eigenvalue weighted by molar-refractivity contribution is 5.76. The zero-order valence-electron chi connectivity index (χ0n) is 9.77. The van der Waals surface area contributed by atoms with Gasteiger partial charge in [-0.3, -0.25) is 4.79 Å². The first-order valence-corrected chi connectivity index (χ1v) is 5.46. The fourth-order valence-corrected chi connectivity index (χ4v) is 1.99. The van der Waals surface area contributed by atoms with E-state index < -0.39 is 11.9 Å². The third kappa shape index (κ3) is 2.14. The molecule has 0 spiro atoms. The van der Waals surface area contributed by atoms with Crippen molar-refractivity contribution in [2.75, 3.05) is 7.05 Å². The van der Waals surface area contributed by atoms with Crippen LogP contribution in [-0.4, -0.2) is 28.1 Å². The summed E-state index contributed by atoms with van der Waals surface area (Å²) in [6, 6.07) is 5.52. The average Bonchev–Trinajstić information content (AvgIpc) is 2.77. The summed E-state index contributed by atoms with van der Waals surface area (Å²) < 4.78 is 0. The molecule has 0 saturated heterocycles. The van der Waals surface area contributed by atoms with Gasteiger partial charge in [0, 0.05) is 6.04 Å². The first-order chi connectivity index (χ1) is 8.13. The second kappa shape index (κ2) is 4.55. The van der Waals surface area contributed by atoms with E-state index in [-0.39, 0.29) is 6.04 Å². The summed E-state index contributed by atoms with van der Waals surface area (Å²) in [6.07, 6.45) is 1.63. The Morgan fingerprint density at radius 2 is 2.29 bits per heavy atom. The van der Waals surface area contributed by atoms with Crippen LogP contribution in [0.3, 0.4) is 0 Å². The van der Waals surface area contributed by atoms with Gasteiger partial charge in [0.1, 0.15) is 0 Å². The maximum Gasteiger partial charge on any atom is 0.308 e. The summed E-state index contributed by atoms with van der Waals surface area (Å²) in [5, 5.41) is 12.1. The quantitative estimate of drug-likeness (QED) is 0.748. The Balaban J connectivity index is 2.38. The number of hydrogen-bond donors (Lipinski definition) is 3. The lowest BCUT2D eigenvalue weighted by Gasteiger charge is -2.20. The van der Waals surface area contributed by atoms with Gasteiger partial charge in [0.2, 0.25) is 0 Å². The van der Waals surface area contributed by atoms with Gasteiger partial charge >= 0.3 is 5.97 Å². The van der Waals surface area contributed by atoms with Gasteiger partial charge in [-0.05, 0) is 24.7 Å². The topological polar surface area (TPSA) is 78.0 Å². The van der Waals surface area contributed by atoms with E-state index in [0.29, 0.717) is 0 Å². The highest BCUT2D eigenvalue weighted by Gasteiger charge is 2.23. The van der Waals surface area contributed by atoms with Crippen LogP contribution in [0, 0.1) is 5.92 Å². The minimum atomic E-state index is -0.811. The number of carboxylic acid groups (broad SMARTS) is 1. The Bertz CT molecular complexity index is 535. The van der Waals surface area contributed by atoms with Crippen LogP contribution in [0.15, 0.2) is 24.5 Å². The smallest absolute Gasteiger partial charge is 0.308 e. The van der Waals surface area contributed by atoms with Gasteiger partial charge in [-0.1, -0.05) is 13.0 Å². The number of H-pyrrole nitrogens is 1. The molecule has 0 radical (unpaired) electrons. The SMILES string of the molecule is CNC(c1ccc2nc[nH]c2c1)C(C)C(=O)O. The second-order valence-corrected chi connectivity index (χ2v) is 4.07. The number of aliphatic carboxylic acids is 1. The highest BCUT2D eigenvalue weighted by atomic mass is 16.4. The van der Waals surface area contributed by atoms with E-state index in [4.69, 9.17) is 5.11 Å². The van der Waals surface area contributed by atoms with Crippen molar-refractivity contribution in [3.63, 3.8) is 0 Å². The van der Waals surface area contributed by atoms with Crippen molar-refractivity contribution in [2.24, 2.45) is 5.92 Å². The van der Waals surface area contributed by atoms with Crippen LogP contribution >= 0.6 is 0 Å². The van der Waals surface area contributed by atoms with Crippen LogP contribution in [0.1, 0.15) is 18.5 Å². The fourth-order valence-electron chi connectivity index (χ4n) is 1.99. The van der Waals surface area contributed by atoms with Gasteiger partial charge in [-0.25, -0.2) is 4.98 Å². The molecule has 1 aromatic heterocycles. The molecule has 5 nitrogen and oxygen atoms in total. The average molecular weight is 233 g/mol. The third-order valence-corrected chi connectivity index (χ3v) is 3.00. The summed E-state index contributed by atoms with van der Waals surface area (Å²) in [5.74, 6) is -1.30. The second-order valence-electron chi connectivity index (χ2n) is 4.07. The van der Waals surface area contributed by atoms with Gasteiger partial charge in [-0.2, -0.15) is 0 Å².